The second kappa shape index (κ2) is 8.25. The molecule has 0 bridgehead atoms. The first-order chi connectivity index (χ1) is 12.7. The number of nitrogens with one attached hydrogen (secondary N) is 2. The van der Waals surface area contributed by atoms with Gasteiger partial charge in [-0.2, -0.15) is 0 Å². The van der Waals surface area contributed by atoms with Gasteiger partial charge in [0, 0.05) is 17.6 Å². The number of aryl methyl sites for hydroxylation is 2. The lowest BCUT2D eigenvalue weighted by molar-refractivity contribution is 0.102. The molecule has 1 heterocycles. The fourth-order valence-electron chi connectivity index (χ4n) is 2.64. The zero-order valence-corrected chi connectivity index (χ0v) is 15.0. The Balaban J connectivity index is 1.74. The molecular formula is C21H22N4O. The van der Waals surface area contributed by atoms with Gasteiger partial charge in [-0.25, -0.2) is 9.97 Å². The highest BCUT2D eigenvalue weighted by molar-refractivity contribution is 6.03. The summed E-state index contributed by atoms with van der Waals surface area (Å²) in [6, 6.07) is 17.4. The van der Waals surface area contributed by atoms with Gasteiger partial charge in [0.1, 0.15) is 5.69 Å². The van der Waals surface area contributed by atoms with Gasteiger partial charge >= 0.3 is 0 Å². The van der Waals surface area contributed by atoms with E-state index in [1.807, 2.05) is 42.5 Å². The van der Waals surface area contributed by atoms with Crippen LogP contribution in [0.2, 0.25) is 0 Å². The Kier molecular flexibility index (Phi) is 5.59. The first-order valence-electron chi connectivity index (χ1n) is 8.78. The number of amides is 1. The van der Waals surface area contributed by atoms with E-state index in [1.165, 1.54) is 11.1 Å². The zero-order chi connectivity index (χ0) is 18.4. The lowest BCUT2D eigenvalue weighted by Gasteiger charge is -2.10. The molecule has 3 aromatic rings. The van der Waals surface area contributed by atoms with Gasteiger partial charge < -0.3 is 10.6 Å². The highest BCUT2D eigenvalue weighted by atomic mass is 16.1. The number of carbonyl (C=O) groups excluding carboxylic acids is 1. The standard InChI is InChI=1S/C21H22N4O/c1-3-15-9-11-17(12-10-15)23-20(26)19-13-14-22-21(25-19)24-18-8-6-5-7-16(18)4-2/h5-14H,3-4H2,1-2H3,(H,23,26)(H,22,24,25). The van der Waals surface area contributed by atoms with Gasteiger partial charge in [-0.1, -0.05) is 44.2 Å². The summed E-state index contributed by atoms with van der Waals surface area (Å²) in [7, 11) is 0. The molecule has 5 nitrogen and oxygen atoms in total. The number of anilines is 3. The normalized spacial score (nSPS) is 10.4. The smallest absolute Gasteiger partial charge is 0.274 e. The van der Waals surface area contributed by atoms with E-state index in [0.29, 0.717) is 11.6 Å². The fraction of sp³-hybridized carbons (Fsp3) is 0.190. The summed E-state index contributed by atoms with van der Waals surface area (Å²) in [4.78, 5) is 21.0. The Hall–Kier alpha value is -3.21. The topological polar surface area (TPSA) is 66.9 Å². The van der Waals surface area contributed by atoms with Crippen molar-refractivity contribution < 1.29 is 4.79 Å². The number of nitrogens with zero attached hydrogens (tertiary/aromatic N) is 2. The van der Waals surface area contributed by atoms with Crippen molar-refractivity contribution in [3.63, 3.8) is 0 Å². The van der Waals surface area contributed by atoms with Gasteiger partial charge in [0.15, 0.2) is 0 Å². The van der Waals surface area contributed by atoms with E-state index in [-0.39, 0.29) is 5.91 Å². The fourth-order valence-corrected chi connectivity index (χ4v) is 2.64. The maximum absolute atomic E-state index is 12.5. The number of aromatic nitrogens is 2. The number of rotatable bonds is 6. The van der Waals surface area contributed by atoms with Crippen LogP contribution < -0.4 is 10.6 Å². The van der Waals surface area contributed by atoms with Gasteiger partial charge in [-0.3, -0.25) is 4.79 Å². The number of para-hydroxylation sites is 1. The van der Waals surface area contributed by atoms with E-state index in [2.05, 4.69) is 40.5 Å². The summed E-state index contributed by atoms with van der Waals surface area (Å²) in [5.74, 6) is 0.142. The lowest BCUT2D eigenvalue weighted by atomic mass is 10.1. The first kappa shape index (κ1) is 17.6. The molecule has 26 heavy (non-hydrogen) atoms. The van der Waals surface area contributed by atoms with Crippen LogP contribution in [0.15, 0.2) is 60.8 Å². The van der Waals surface area contributed by atoms with Crippen molar-refractivity contribution in [2.45, 2.75) is 26.7 Å². The third-order valence-electron chi connectivity index (χ3n) is 4.15. The van der Waals surface area contributed by atoms with Crippen LogP contribution in [0.25, 0.3) is 0 Å². The molecule has 5 heteroatoms. The molecule has 132 valence electrons. The van der Waals surface area contributed by atoms with E-state index >= 15 is 0 Å². The number of carbonyl (C=O) groups is 1. The van der Waals surface area contributed by atoms with Gasteiger partial charge in [0.2, 0.25) is 5.95 Å². The van der Waals surface area contributed by atoms with Crippen LogP contribution in [-0.4, -0.2) is 15.9 Å². The van der Waals surface area contributed by atoms with Crippen molar-refractivity contribution in [3.8, 4) is 0 Å². The van der Waals surface area contributed by atoms with Crippen molar-refractivity contribution in [1.82, 2.24) is 9.97 Å². The molecule has 0 saturated carbocycles. The molecule has 0 spiro atoms. The molecule has 1 aromatic heterocycles. The Morgan fingerprint density at radius 2 is 1.73 bits per heavy atom. The summed E-state index contributed by atoms with van der Waals surface area (Å²) < 4.78 is 0. The molecule has 0 radical (unpaired) electrons. The van der Waals surface area contributed by atoms with E-state index in [0.717, 1.165) is 24.2 Å². The predicted molar refractivity (Wildman–Crippen MR) is 105 cm³/mol. The minimum Gasteiger partial charge on any atom is -0.324 e. The Morgan fingerprint density at radius 3 is 2.46 bits per heavy atom. The summed E-state index contributed by atoms with van der Waals surface area (Å²) in [6.07, 6.45) is 3.45. The monoisotopic (exact) mass is 346 g/mol. The average Bonchev–Trinajstić information content (AvgIpc) is 2.69. The Morgan fingerprint density at radius 1 is 0.962 bits per heavy atom. The molecule has 0 fully saturated rings. The van der Waals surface area contributed by atoms with Crippen molar-refractivity contribution in [2.24, 2.45) is 0 Å². The van der Waals surface area contributed by atoms with Gasteiger partial charge in [0.05, 0.1) is 0 Å². The van der Waals surface area contributed by atoms with Crippen LogP contribution in [0.1, 0.15) is 35.5 Å². The van der Waals surface area contributed by atoms with E-state index in [4.69, 9.17) is 0 Å². The van der Waals surface area contributed by atoms with Crippen molar-refractivity contribution in [3.05, 3.63) is 77.6 Å². The maximum atomic E-state index is 12.5. The highest BCUT2D eigenvalue weighted by Crippen LogP contribution is 2.19. The molecule has 0 aliphatic carbocycles. The molecular weight excluding hydrogens is 324 g/mol. The Labute approximate surface area is 153 Å². The summed E-state index contributed by atoms with van der Waals surface area (Å²) in [5, 5.41) is 6.06. The van der Waals surface area contributed by atoms with Crippen LogP contribution in [0, 0.1) is 0 Å². The average molecular weight is 346 g/mol. The number of benzene rings is 2. The minimum absolute atomic E-state index is 0.261. The minimum atomic E-state index is -0.261. The van der Waals surface area contributed by atoms with Crippen LogP contribution in [0.5, 0.6) is 0 Å². The van der Waals surface area contributed by atoms with Crippen molar-refractivity contribution >= 4 is 23.2 Å². The van der Waals surface area contributed by atoms with Crippen LogP contribution in [-0.2, 0) is 12.8 Å². The largest absolute Gasteiger partial charge is 0.324 e. The van der Waals surface area contributed by atoms with Crippen LogP contribution >= 0.6 is 0 Å². The van der Waals surface area contributed by atoms with E-state index in [9.17, 15) is 4.79 Å². The van der Waals surface area contributed by atoms with Gasteiger partial charge in [0.25, 0.3) is 5.91 Å². The molecule has 0 atom stereocenters. The molecule has 0 unspecified atom stereocenters. The Bertz CT molecular complexity index is 891. The molecule has 2 N–H and O–H groups in total. The quantitative estimate of drug-likeness (QED) is 0.685. The second-order valence-corrected chi connectivity index (χ2v) is 5.91. The molecule has 3 rings (SSSR count). The molecule has 1 amide bonds. The van der Waals surface area contributed by atoms with Crippen LogP contribution in [0.4, 0.5) is 17.3 Å². The second-order valence-electron chi connectivity index (χ2n) is 5.91. The molecule has 0 saturated heterocycles. The summed E-state index contributed by atoms with van der Waals surface area (Å²) in [5.41, 5.74) is 4.41. The zero-order valence-electron chi connectivity index (χ0n) is 15.0. The third-order valence-corrected chi connectivity index (χ3v) is 4.15. The summed E-state index contributed by atoms with van der Waals surface area (Å²) in [6.45, 7) is 4.19. The first-order valence-corrected chi connectivity index (χ1v) is 8.78. The third kappa shape index (κ3) is 4.25. The highest BCUT2D eigenvalue weighted by Gasteiger charge is 2.10. The summed E-state index contributed by atoms with van der Waals surface area (Å²) >= 11 is 0. The van der Waals surface area contributed by atoms with Crippen molar-refractivity contribution in [1.29, 1.82) is 0 Å². The van der Waals surface area contributed by atoms with Crippen molar-refractivity contribution in [2.75, 3.05) is 10.6 Å². The molecule has 0 aliphatic rings. The number of hydrogen-bond acceptors (Lipinski definition) is 4. The SMILES string of the molecule is CCc1ccc(NC(=O)c2ccnc(Nc3ccccc3CC)n2)cc1. The van der Waals surface area contributed by atoms with E-state index in [1.54, 1.807) is 12.3 Å². The number of hydrogen-bond donors (Lipinski definition) is 2. The van der Waals surface area contributed by atoms with Gasteiger partial charge in [-0.05, 0) is 48.2 Å². The molecule has 0 aliphatic heterocycles. The predicted octanol–water partition coefficient (Wildman–Crippen LogP) is 4.60. The van der Waals surface area contributed by atoms with E-state index < -0.39 is 0 Å². The van der Waals surface area contributed by atoms with Gasteiger partial charge in [-0.15, -0.1) is 0 Å². The lowest BCUT2D eigenvalue weighted by Crippen LogP contribution is -2.14. The van der Waals surface area contributed by atoms with Crippen LogP contribution in [0.3, 0.4) is 0 Å². The maximum Gasteiger partial charge on any atom is 0.274 e. The molecule has 2 aromatic carbocycles.